The minimum Gasteiger partial charge on any atom is -0.456 e. The average molecular weight is 574 g/mol. The summed E-state index contributed by atoms with van der Waals surface area (Å²) in [6.45, 7) is 0. The van der Waals surface area contributed by atoms with Gasteiger partial charge in [-0.15, -0.1) is 0 Å². The van der Waals surface area contributed by atoms with Crippen molar-refractivity contribution in [3.05, 3.63) is 163 Å². The van der Waals surface area contributed by atoms with Crippen molar-refractivity contribution in [2.75, 3.05) is 0 Å². The van der Waals surface area contributed by atoms with Gasteiger partial charge in [-0.1, -0.05) is 97.1 Å². The Hall–Kier alpha value is -5.86. The maximum atomic E-state index is 6.09. The van der Waals surface area contributed by atoms with Gasteiger partial charge in [0.15, 0.2) is 0 Å². The first-order chi connectivity index (χ1) is 22.3. The number of aromatic nitrogens is 1. The monoisotopic (exact) mass is 573 g/mol. The third-order valence-corrected chi connectivity index (χ3v) is 9.65. The number of para-hydroxylation sites is 3. The predicted octanol–water partition coefficient (Wildman–Crippen LogP) is 11.6. The van der Waals surface area contributed by atoms with Crippen molar-refractivity contribution in [1.82, 2.24) is 4.57 Å². The second-order valence-corrected chi connectivity index (χ2v) is 12.1. The molecule has 210 valence electrons. The van der Waals surface area contributed by atoms with Crippen LogP contribution in [-0.2, 0) is 6.42 Å². The van der Waals surface area contributed by atoms with Crippen LogP contribution in [0.1, 0.15) is 11.1 Å². The van der Waals surface area contributed by atoms with E-state index in [1.54, 1.807) is 0 Å². The van der Waals surface area contributed by atoms with Crippen molar-refractivity contribution < 1.29 is 4.42 Å². The van der Waals surface area contributed by atoms with Crippen LogP contribution in [0.2, 0.25) is 0 Å². The van der Waals surface area contributed by atoms with E-state index in [9.17, 15) is 0 Å². The molecule has 0 saturated heterocycles. The summed E-state index contributed by atoms with van der Waals surface area (Å²) in [4.78, 5) is 0. The van der Waals surface area contributed by atoms with Gasteiger partial charge in [-0.05, 0) is 106 Å². The number of rotatable bonds is 3. The van der Waals surface area contributed by atoms with Gasteiger partial charge in [-0.25, -0.2) is 0 Å². The highest BCUT2D eigenvalue weighted by Gasteiger charge is 2.23. The fourth-order valence-corrected chi connectivity index (χ4v) is 7.55. The molecule has 1 aliphatic carbocycles. The van der Waals surface area contributed by atoms with Gasteiger partial charge in [0.2, 0.25) is 0 Å². The van der Waals surface area contributed by atoms with Crippen molar-refractivity contribution in [1.29, 1.82) is 0 Å². The number of hydrogen-bond donors (Lipinski definition) is 0. The first-order valence-electron chi connectivity index (χ1n) is 15.6. The maximum Gasteiger partial charge on any atom is 0.135 e. The lowest BCUT2D eigenvalue weighted by atomic mass is 9.94. The number of fused-ring (bicyclic) bond motifs is 9. The van der Waals surface area contributed by atoms with Crippen LogP contribution < -0.4 is 0 Å². The van der Waals surface area contributed by atoms with Crippen LogP contribution >= 0.6 is 0 Å². The Bertz CT molecular complexity index is 2620. The Kier molecular flexibility index (Phi) is 5.09. The molecule has 0 saturated carbocycles. The minimum atomic E-state index is 0.931. The number of benzene rings is 7. The molecule has 2 aromatic heterocycles. The van der Waals surface area contributed by atoms with Crippen molar-refractivity contribution in [3.8, 4) is 39.1 Å². The van der Waals surface area contributed by atoms with E-state index in [2.05, 4.69) is 144 Å². The van der Waals surface area contributed by atoms with Crippen molar-refractivity contribution in [2.45, 2.75) is 6.42 Å². The third kappa shape index (κ3) is 3.63. The van der Waals surface area contributed by atoms with Crippen LogP contribution in [0.4, 0.5) is 0 Å². The molecule has 0 amide bonds. The van der Waals surface area contributed by atoms with Crippen molar-refractivity contribution in [3.63, 3.8) is 0 Å². The number of hydrogen-bond acceptors (Lipinski definition) is 1. The average Bonchev–Trinajstić information content (AvgIpc) is 3.77. The molecule has 7 aromatic carbocycles. The Morgan fingerprint density at radius 2 is 1.11 bits per heavy atom. The molecule has 9 aromatic rings. The van der Waals surface area contributed by atoms with E-state index in [0.717, 1.165) is 28.4 Å². The fourth-order valence-electron chi connectivity index (χ4n) is 7.55. The highest BCUT2D eigenvalue weighted by molar-refractivity contribution is 6.11. The van der Waals surface area contributed by atoms with E-state index >= 15 is 0 Å². The van der Waals surface area contributed by atoms with Gasteiger partial charge in [0.25, 0.3) is 0 Å². The summed E-state index contributed by atoms with van der Waals surface area (Å²) in [7, 11) is 0. The number of furan rings is 1. The number of nitrogens with zero attached hydrogens (tertiary/aromatic N) is 1. The molecule has 0 unspecified atom stereocenters. The minimum absolute atomic E-state index is 0.931. The van der Waals surface area contributed by atoms with Crippen LogP contribution in [0.25, 0.3) is 82.8 Å². The van der Waals surface area contributed by atoms with Crippen molar-refractivity contribution >= 4 is 43.7 Å². The van der Waals surface area contributed by atoms with Crippen LogP contribution in [0.3, 0.4) is 0 Å². The molecule has 2 heteroatoms. The first kappa shape index (κ1) is 24.6. The summed E-state index contributed by atoms with van der Waals surface area (Å²) in [6.07, 6.45) is 0.941. The van der Waals surface area contributed by atoms with Crippen LogP contribution in [0.5, 0.6) is 0 Å². The molecule has 0 bridgehead atoms. The second kappa shape index (κ2) is 9.32. The molecule has 45 heavy (non-hydrogen) atoms. The van der Waals surface area contributed by atoms with Gasteiger partial charge in [-0.3, -0.25) is 0 Å². The molecular formula is C43H27NO. The third-order valence-electron chi connectivity index (χ3n) is 9.65. The Morgan fingerprint density at radius 1 is 0.422 bits per heavy atom. The summed E-state index contributed by atoms with van der Waals surface area (Å²) in [5.74, 6) is 0. The van der Waals surface area contributed by atoms with Crippen LogP contribution in [0.15, 0.2) is 156 Å². The van der Waals surface area contributed by atoms with E-state index in [-0.39, 0.29) is 0 Å². The highest BCUT2D eigenvalue weighted by atomic mass is 16.3. The summed E-state index contributed by atoms with van der Waals surface area (Å²) >= 11 is 0. The van der Waals surface area contributed by atoms with Gasteiger partial charge in [0.1, 0.15) is 11.2 Å². The SMILES string of the molecule is c1ccc(-n2c3ccccc3c3cc(-c4cccc5c4Cc4ccc(-c6ccc7oc8ccccc8c7c6)cc4-5)ccc32)cc1. The fraction of sp³-hybridized carbons (Fsp3) is 0.0233. The topological polar surface area (TPSA) is 18.1 Å². The molecule has 2 nitrogen and oxygen atoms in total. The van der Waals surface area contributed by atoms with E-state index in [0.29, 0.717) is 0 Å². The van der Waals surface area contributed by atoms with Gasteiger partial charge < -0.3 is 8.98 Å². The van der Waals surface area contributed by atoms with Gasteiger partial charge in [0.05, 0.1) is 11.0 Å². The van der Waals surface area contributed by atoms with E-state index in [1.165, 1.54) is 72.0 Å². The summed E-state index contributed by atoms with van der Waals surface area (Å²) < 4.78 is 8.47. The first-order valence-corrected chi connectivity index (χ1v) is 15.6. The quantitative estimate of drug-likeness (QED) is 0.206. The van der Waals surface area contributed by atoms with Gasteiger partial charge in [0, 0.05) is 27.2 Å². The van der Waals surface area contributed by atoms with E-state index < -0.39 is 0 Å². The van der Waals surface area contributed by atoms with Crippen molar-refractivity contribution in [2.24, 2.45) is 0 Å². The lowest BCUT2D eigenvalue weighted by molar-refractivity contribution is 0.669. The zero-order valence-corrected chi connectivity index (χ0v) is 24.5. The smallest absolute Gasteiger partial charge is 0.135 e. The second-order valence-electron chi connectivity index (χ2n) is 12.1. The lowest BCUT2D eigenvalue weighted by Crippen LogP contribution is -1.93. The van der Waals surface area contributed by atoms with Crippen LogP contribution in [-0.4, -0.2) is 4.57 Å². The molecule has 0 spiro atoms. The molecule has 0 atom stereocenters. The Balaban J connectivity index is 1.09. The van der Waals surface area contributed by atoms with E-state index in [1.807, 2.05) is 12.1 Å². The standard InChI is InChI=1S/C43H27NO/c1-2-9-31(10-3-1)44-40-15-6-4-11-34(40)38-26-29(19-21-41(38)44)32-13-8-14-33-36-23-27(17-18-30(36)25-37(32)33)28-20-22-43-39(24-28)35-12-5-7-16-42(35)45-43/h1-24,26H,25H2. The van der Waals surface area contributed by atoms with Crippen LogP contribution in [0, 0.1) is 0 Å². The molecule has 1 aliphatic rings. The Labute approximate surface area is 260 Å². The van der Waals surface area contributed by atoms with Gasteiger partial charge in [-0.2, -0.15) is 0 Å². The summed E-state index contributed by atoms with van der Waals surface area (Å²) in [5, 5.41) is 4.88. The van der Waals surface area contributed by atoms with E-state index in [4.69, 9.17) is 4.42 Å². The molecule has 0 aliphatic heterocycles. The summed E-state index contributed by atoms with van der Waals surface area (Å²) in [5.41, 5.74) is 16.0. The lowest BCUT2D eigenvalue weighted by Gasteiger charge is -2.11. The zero-order chi connectivity index (χ0) is 29.5. The molecule has 0 radical (unpaired) electrons. The largest absolute Gasteiger partial charge is 0.456 e. The zero-order valence-electron chi connectivity index (χ0n) is 24.5. The normalized spacial score (nSPS) is 12.4. The molecule has 2 heterocycles. The molecular weight excluding hydrogens is 546 g/mol. The summed E-state index contributed by atoms with van der Waals surface area (Å²) in [6, 6.07) is 55.0. The highest BCUT2D eigenvalue weighted by Crippen LogP contribution is 2.44. The molecule has 10 rings (SSSR count). The van der Waals surface area contributed by atoms with Gasteiger partial charge >= 0.3 is 0 Å². The molecule has 0 fully saturated rings. The maximum absolute atomic E-state index is 6.09. The predicted molar refractivity (Wildman–Crippen MR) is 187 cm³/mol. The molecule has 0 N–H and O–H groups in total. The Morgan fingerprint density at radius 3 is 2.04 bits per heavy atom.